The van der Waals surface area contributed by atoms with Gasteiger partial charge >= 0.3 is 5.69 Å². The third-order valence-corrected chi connectivity index (χ3v) is 7.29. The quantitative estimate of drug-likeness (QED) is 0.0729. The second-order valence-corrected chi connectivity index (χ2v) is 12.3. The Balaban J connectivity index is 0.000000296. The monoisotopic (exact) mass is 758 g/mol. The van der Waals surface area contributed by atoms with Crippen LogP contribution in [0.25, 0.3) is 11.3 Å². The number of nitrogens with zero attached hydrogens (tertiary/aromatic N) is 4. The van der Waals surface area contributed by atoms with E-state index in [2.05, 4.69) is 85.5 Å². The highest BCUT2D eigenvalue weighted by Gasteiger charge is 2.21. The molecule has 0 radical (unpaired) electrons. The van der Waals surface area contributed by atoms with Gasteiger partial charge in [0.1, 0.15) is 0 Å². The number of halogens is 3. The van der Waals surface area contributed by atoms with Gasteiger partial charge in [0.2, 0.25) is 11.8 Å². The fraction of sp³-hybridized carbons (Fsp3) is 0.429. The number of pyridine rings is 2. The van der Waals surface area contributed by atoms with Crippen molar-refractivity contribution in [2.45, 2.75) is 53.4 Å². The maximum atomic E-state index is 11.3. The van der Waals surface area contributed by atoms with Crippen LogP contribution in [0.1, 0.15) is 53.4 Å². The van der Waals surface area contributed by atoms with Gasteiger partial charge in [0.25, 0.3) is 5.69 Å². The maximum Gasteiger partial charge on any atom is 0.303 e. The number of ether oxygens (including phenoxy) is 2. The van der Waals surface area contributed by atoms with Crippen molar-refractivity contribution in [2.75, 3.05) is 13.2 Å². The van der Waals surface area contributed by atoms with Crippen LogP contribution < -0.4 is 9.47 Å². The van der Waals surface area contributed by atoms with Gasteiger partial charge in [-0.05, 0) is 85.3 Å². The van der Waals surface area contributed by atoms with Gasteiger partial charge in [-0.15, -0.1) is 0 Å². The Morgan fingerprint density at radius 1 is 0.756 bits per heavy atom. The van der Waals surface area contributed by atoms with Gasteiger partial charge in [0.15, 0.2) is 10.3 Å². The molecule has 222 valence electrons. The molecule has 0 bridgehead atoms. The lowest BCUT2D eigenvalue weighted by molar-refractivity contribution is -0.386. The van der Waals surface area contributed by atoms with Crippen molar-refractivity contribution in [3.8, 4) is 23.0 Å². The average Bonchev–Trinajstić information content (AvgIpc) is 2.91. The van der Waals surface area contributed by atoms with Gasteiger partial charge in [0, 0.05) is 17.7 Å². The molecule has 3 rings (SSSR count). The third-order valence-electron chi connectivity index (χ3n) is 5.57. The summed E-state index contributed by atoms with van der Waals surface area (Å²) in [5.41, 5.74) is 0.880. The lowest BCUT2D eigenvalue weighted by Gasteiger charge is -2.10. The average molecular weight is 761 g/mol. The van der Waals surface area contributed by atoms with E-state index in [0.29, 0.717) is 57.0 Å². The summed E-state index contributed by atoms with van der Waals surface area (Å²) in [6, 6.07) is 11.9. The first kappa shape index (κ1) is 34.6. The lowest BCUT2D eigenvalue weighted by atomic mass is 10.1. The van der Waals surface area contributed by atoms with E-state index in [9.17, 15) is 20.2 Å². The summed E-state index contributed by atoms with van der Waals surface area (Å²) in [7, 11) is 0. The number of benzene rings is 1. The summed E-state index contributed by atoms with van der Waals surface area (Å²) in [5, 5.41) is 22.0. The minimum atomic E-state index is -0.496. The number of aromatic nitrogens is 2. The Bertz CT molecular complexity index is 1310. The molecule has 0 aliphatic rings. The molecular weight excluding hydrogens is 728 g/mol. The number of nitro groups is 2. The van der Waals surface area contributed by atoms with E-state index in [1.807, 2.05) is 18.2 Å². The van der Waals surface area contributed by atoms with Crippen molar-refractivity contribution in [3.05, 3.63) is 76.2 Å². The smallest absolute Gasteiger partial charge is 0.303 e. The fourth-order valence-corrected chi connectivity index (χ4v) is 4.76. The summed E-state index contributed by atoms with van der Waals surface area (Å²) in [4.78, 5) is 29.5. The topological polar surface area (TPSA) is 131 Å². The van der Waals surface area contributed by atoms with Crippen LogP contribution in [0.3, 0.4) is 0 Å². The van der Waals surface area contributed by atoms with Gasteiger partial charge < -0.3 is 9.47 Å². The molecular formula is C28H33Br3N4O6. The van der Waals surface area contributed by atoms with Crippen LogP contribution in [-0.2, 0) is 0 Å². The Kier molecular flexibility index (Phi) is 14.6. The second-order valence-electron chi connectivity index (χ2n) is 9.88. The summed E-state index contributed by atoms with van der Waals surface area (Å²) < 4.78 is 12.4. The molecule has 0 amide bonds. The molecule has 0 N–H and O–H groups in total. The Morgan fingerprint density at radius 2 is 1.22 bits per heavy atom. The first-order valence-corrected chi connectivity index (χ1v) is 15.4. The molecule has 0 saturated carbocycles. The van der Waals surface area contributed by atoms with E-state index in [1.165, 1.54) is 12.1 Å². The summed E-state index contributed by atoms with van der Waals surface area (Å²) in [6.45, 7) is 9.71. The molecule has 0 fully saturated rings. The van der Waals surface area contributed by atoms with E-state index in [-0.39, 0.29) is 16.0 Å². The summed E-state index contributed by atoms with van der Waals surface area (Å²) in [5.74, 6) is 2.01. The minimum Gasteiger partial charge on any atom is -0.477 e. The van der Waals surface area contributed by atoms with Crippen molar-refractivity contribution in [2.24, 2.45) is 11.8 Å². The Morgan fingerprint density at radius 3 is 1.68 bits per heavy atom. The van der Waals surface area contributed by atoms with Crippen LogP contribution in [0.5, 0.6) is 11.8 Å². The van der Waals surface area contributed by atoms with Gasteiger partial charge in [-0.3, -0.25) is 20.2 Å². The van der Waals surface area contributed by atoms with Crippen LogP contribution in [0, 0.1) is 32.1 Å². The van der Waals surface area contributed by atoms with E-state index in [1.54, 1.807) is 12.1 Å². The van der Waals surface area contributed by atoms with Gasteiger partial charge in [-0.2, -0.15) is 4.98 Å². The van der Waals surface area contributed by atoms with Crippen molar-refractivity contribution in [1.29, 1.82) is 0 Å². The molecule has 2 aromatic heterocycles. The van der Waals surface area contributed by atoms with E-state index >= 15 is 0 Å². The fourth-order valence-electron chi connectivity index (χ4n) is 3.50. The predicted molar refractivity (Wildman–Crippen MR) is 169 cm³/mol. The van der Waals surface area contributed by atoms with Crippen LogP contribution in [0.2, 0.25) is 0 Å². The molecule has 0 spiro atoms. The lowest BCUT2D eigenvalue weighted by Crippen LogP contribution is -2.04. The Hall–Kier alpha value is -2.64. The standard InChI is InChI=1S/C17H19BrN2O3.C11H14Br2N2O3/c1-12(2)7-6-10-23-17-14(18)11-15(20(21)22)16(19-17)13-8-4-3-5-9-13;1-7(2)4-3-5-18-11-8(12)6-9(15(16)17)10(13)14-11/h3-5,8-9,11-12H,6-7,10H2,1-2H3;6-7H,3-5H2,1-2H3. The van der Waals surface area contributed by atoms with E-state index in [4.69, 9.17) is 9.47 Å². The van der Waals surface area contributed by atoms with Gasteiger partial charge in [-0.25, -0.2) is 4.98 Å². The molecule has 1 aromatic carbocycles. The van der Waals surface area contributed by atoms with Crippen LogP contribution in [-0.4, -0.2) is 33.0 Å². The molecule has 2 heterocycles. The summed E-state index contributed by atoms with van der Waals surface area (Å²) in [6.07, 6.45) is 3.99. The molecule has 10 nitrogen and oxygen atoms in total. The molecule has 0 unspecified atom stereocenters. The highest BCUT2D eigenvalue weighted by atomic mass is 79.9. The normalized spacial score (nSPS) is 10.8. The molecule has 41 heavy (non-hydrogen) atoms. The third kappa shape index (κ3) is 11.6. The molecule has 0 saturated heterocycles. The second kappa shape index (κ2) is 17.3. The van der Waals surface area contributed by atoms with Crippen molar-refractivity contribution >= 4 is 59.2 Å². The van der Waals surface area contributed by atoms with Crippen molar-refractivity contribution in [3.63, 3.8) is 0 Å². The van der Waals surface area contributed by atoms with Gasteiger partial charge in [-0.1, -0.05) is 58.0 Å². The molecule has 3 aromatic rings. The van der Waals surface area contributed by atoms with E-state index < -0.39 is 9.85 Å². The first-order chi connectivity index (χ1) is 19.4. The van der Waals surface area contributed by atoms with Gasteiger partial charge in [0.05, 0.1) is 32.0 Å². The van der Waals surface area contributed by atoms with Crippen LogP contribution >= 0.6 is 47.8 Å². The zero-order chi connectivity index (χ0) is 30.5. The predicted octanol–water partition coefficient (Wildman–Crippen LogP) is 9.56. The molecule has 0 aliphatic carbocycles. The SMILES string of the molecule is CC(C)CCCOc1nc(-c2ccccc2)c([N+](=O)[O-])cc1Br.CC(C)CCCOc1nc(Br)c([N+](=O)[O-])cc1Br. The largest absolute Gasteiger partial charge is 0.477 e. The Labute approximate surface area is 265 Å². The van der Waals surface area contributed by atoms with Crippen molar-refractivity contribution < 1.29 is 19.3 Å². The first-order valence-electron chi connectivity index (χ1n) is 13.1. The maximum absolute atomic E-state index is 11.3. The van der Waals surface area contributed by atoms with Crippen LogP contribution in [0.4, 0.5) is 11.4 Å². The molecule has 0 aliphatic heterocycles. The number of hydrogen-bond acceptors (Lipinski definition) is 8. The number of rotatable bonds is 13. The van der Waals surface area contributed by atoms with Crippen molar-refractivity contribution in [1.82, 2.24) is 9.97 Å². The zero-order valence-electron chi connectivity index (χ0n) is 23.3. The van der Waals surface area contributed by atoms with Crippen LogP contribution in [0.15, 0.2) is 56.0 Å². The highest BCUT2D eigenvalue weighted by molar-refractivity contribution is 9.11. The zero-order valence-corrected chi connectivity index (χ0v) is 28.1. The minimum absolute atomic E-state index is 0.0439. The van der Waals surface area contributed by atoms with E-state index in [0.717, 1.165) is 25.7 Å². The number of hydrogen-bond donors (Lipinski definition) is 0. The summed E-state index contributed by atoms with van der Waals surface area (Å²) >= 11 is 9.59. The molecule has 13 heteroatoms. The molecule has 0 atom stereocenters. The highest BCUT2D eigenvalue weighted by Crippen LogP contribution is 2.35.